The van der Waals surface area contributed by atoms with E-state index in [1.54, 1.807) is 12.1 Å². The van der Waals surface area contributed by atoms with Crippen molar-refractivity contribution in [3.63, 3.8) is 0 Å². The maximum absolute atomic E-state index is 13.2. The number of nitrogens with one attached hydrogen (secondary N) is 2. The van der Waals surface area contributed by atoms with E-state index in [-0.39, 0.29) is 5.69 Å². The number of hydrogen-bond acceptors (Lipinski definition) is 4. The maximum atomic E-state index is 13.2. The molecule has 156 valence electrons. The van der Waals surface area contributed by atoms with Gasteiger partial charge in [0.2, 0.25) is 0 Å². The second kappa shape index (κ2) is 8.23. The van der Waals surface area contributed by atoms with Gasteiger partial charge in [0, 0.05) is 31.6 Å². The summed E-state index contributed by atoms with van der Waals surface area (Å²) >= 11 is 0. The van der Waals surface area contributed by atoms with E-state index in [4.69, 9.17) is 4.74 Å². The molecule has 1 saturated heterocycles. The summed E-state index contributed by atoms with van der Waals surface area (Å²) in [5.74, 6) is 0.335. The molecule has 0 unspecified atom stereocenters. The standard InChI is InChI=1S/C22H20F3N3O2/c23-22(24,25)16-8-9-19(28-12-10-26-11-13-28)18(14-16)27-21(29)30-20-7-3-5-15-4-1-2-6-17(15)20/h1-9,14,26H,10-13H2,(H,27,29). The molecule has 0 bridgehead atoms. The van der Waals surface area contributed by atoms with Crippen LogP contribution in [0.15, 0.2) is 60.7 Å². The molecule has 1 aliphatic heterocycles. The number of carbonyl (C=O) groups excluding carboxylic acids is 1. The molecule has 1 heterocycles. The van der Waals surface area contributed by atoms with Crippen molar-refractivity contribution >= 4 is 28.2 Å². The third kappa shape index (κ3) is 4.33. The summed E-state index contributed by atoms with van der Waals surface area (Å²) < 4.78 is 45.1. The van der Waals surface area contributed by atoms with Crippen LogP contribution in [-0.2, 0) is 6.18 Å². The average molecular weight is 415 g/mol. The molecular weight excluding hydrogens is 395 g/mol. The van der Waals surface area contributed by atoms with E-state index in [1.165, 1.54) is 6.07 Å². The number of piperazine rings is 1. The Balaban J connectivity index is 1.62. The SMILES string of the molecule is O=C(Nc1cc(C(F)(F)F)ccc1N1CCNCC1)Oc1cccc2ccccc12. The van der Waals surface area contributed by atoms with Gasteiger partial charge in [-0.2, -0.15) is 13.2 Å². The Kier molecular flexibility index (Phi) is 5.50. The molecule has 0 atom stereocenters. The van der Waals surface area contributed by atoms with Crippen molar-refractivity contribution in [3.05, 3.63) is 66.2 Å². The number of fused-ring (bicyclic) bond motifs is 1. The highest BCUT2D eigenvalue weighted by atomic mass is 19.4. The molecule has 3 aromatic carbocycles. The van der Waals surface area contributed by atoms with Crippen LogP contribution in [0.5, 0.6) is 5.75 Å². The smallest absolute Gasteiger partial charge is 0.409 e. The van der Waals surface area contributed by atoms with Gasteiger partial charge in [-0.25, -0.2) is 4.79 Å². The van der Waals surface area contributed by atoms with Crippen molar-refractivity contribution in [1.82, 2.24) is 5.32 Å². The molecule has 8 heteroatoms. The molecule has 3 aromatic rings. The van der Waals surface area contributed by atoms with Gasteiger partial charge >= 0.3 is 12.3 Å². The predicted molar refractivity (Wildman–Crippen MR) is 110 cm³/mol. The number of alkyl halides is 3. The van der Waals surface area contributed by atoms with Crippen molar-refractivity contribution in [3.8, 4) is 5.75 Å². The van der Waals surface area contributed by atoms with Crippen LogP contribution < -0.4 is 20.3 Å². The van der Waals surface area contributed by atoms with Crippen molar-refractivity contribution in [2.45, 2.75) is 6.18 Å². The lowest BCUT2D eigenvalue weighted by Gasteiger charge is -2.31. The normalized spacial score (nSPS) is 14.6. The van der Waals surface area contributed by atoms with E-state index in [2.05, 4.69) is 10.6 Å². The minimum absolute atomic E-state index is 0.0666. The van der Waals surface area contributed by atoms with Gasteiger partial charge in [-0.1, -0.05) is 36.4 Å². The number of halogens is 3. The molecule has 0 radical (unpaired) electrons. The number of anilines is 2. The molecule has 1 amide bonds. The van der Waals surface area contributed by atoms with E-state index < -0.39 is 17.8 Å². The summed E-state index contributed by atoms with van der Waals surface area (Å²) in [5.41, 5.74) is -0.238. The van der Waals surface area contributed by atoms with Crippen LogP contribution in [0.4, 0.5) is 29.3 Å². The minimum atomic E-state index is -4.52. The summed E-state index contributed by atoms with van der Waals surface area (Å²) in [6.07, 6.45) is -5.36. The number of amides is 1. The average Bonchev–Trinajstić information content (AvgIpc) is 2.74. The Morgan fingerprint density at radius 2 is 1.73 bits per heavy atom. The fourth-order valence-electron chi connectivity index (χ4n) is 3.51. The Hall–Kier alpha value is -3.26. The lowest BCUT2D eigenvalue weighted by Crippen LogP contribution is -2.43. The number of rotatable bonds is 3. The van der Waals surface area contributed by atoms with Crippen molar-refractivity contribution in [2.24, 2.45) is 0 Å². The van der Waals surface area contributed by atoms with Crippen molar-refractivity contribution < 1.29 is 22.7 Å². The fourth-order valence-corrected chi connectivity index (χ4v) is 3.51. The van der Waals surface area contributed by atoms with Gasteiger partial charge < -0.3 is 15.0 Å². The van der Waals surface area contributed by atoms with E-state index in [9.17, 15) is 18.0 Å². The highest BCUT2D eigenvalue weighted by Gasteiger charge is 2.32. The van der Waals surface area contributed by atoms with Crippen LogP contribution in [0.2, 0.25) is 0 Å². The van der Waals surface area contributed by atoms with Gasteiger partial charge in [0.15, 0.2) is 0 Å². The number of ether oxygens (including phenoxy) is 1. The first kappa shape index (κ1) is 20.0. The van der Waals surface area contributed by atoms with E-state index in [0.717, 1.165) is 22.9 Å². The largest absolute Gasteiger partial charge is 0.417 e. The first-order chi connectivity index (χ1) is 14.4. The van der Waals surface area contributed by atoms with E-state index >= 15 is 0 Å². The molecule has 30 heavy (non-hydrogen) atoms. The zero-order valence-corrected chi connectivity index (χ0v) is 16.0. The number of carbonyl (C=O) groups is 1. The Morgan fingerprint density at radius 1 is 1.00 bits per heavy atom. The first-order valence-corrected chi connectivity index (χ1v) is 9.55. The van der Waals surface area contributed by atoms with Gasteiger partial charge in [-0.15, -0.1) is 0 Å². The van der Waals surface area contributed by atoms with E-state index in [0.29, 0.717) is 37.6 Å². The lowest BCUT2D eigenvalue weighted by atomic mass is 10.1. The number of benzene rings is 3. The molecule has 0 aromatic heterocycles. The molecule has 4 rings (SSSR count). The Bertz CT molecular complexity index is 1060. The zero-order chi connectivity index (χ0) is 21.1. The summed E-state index contributed by atoms with van der Waals surface area (Å²) in [4.78, 5) is 14.5. The molecule has 5 nitrogen and oxygen atoms in total. The summed E-state index contributed by atoms with van der Waals surface area (Å²) in [5, 5.41) is 7.34. The molecule has 0 spiro atoms. The zero-order valence-electron chi connectivity index (χ0n) is 16.0. The molecule has 1 fully saturated rings. The van der Waals surface area contributed by atoms with Crippen molar-refractivity contribution in [1.29, 1.82) is 0 Å². The maximum Gasteiger partial charge on any atom is 0.417 e. The Labute approximate surface area is 171 Å². The van der Waals surface area contributed by atoms with Gasteiger partial charge in [-0.3, -0.25) is 5.32 Å². The highest BCUT2D eigenvalue weighted by Crippen LogP contribution is 2.36. The van der Waals surface area contributed by atoms with E-state index in [1.807, 2.05) is 35.2 Å². The summed E-state index contributed by atoms with van der Waals surface area (Å²) in [6, 6.07) is 16.0. The highest BCUT2D eigenvalue weighted by molar-refractivity contribution is 5.95. The monoisotopic (exact) mass is 415 g/mol. The number of hydrogen-bond donors (Lipinski definition) is 2. The first-order valence-electron chi connectivity index (χ1n) is 9.55. The van der Waals surface area contributed by atoms with Crippen LogP contribution in [0.3, 0.4) is 0 Å². The summed E-state index contributed by atoms with van der Waals surface area (Å²) in [6.45, 7) is 2.67. The van der Waals surface area contributed by atoms with Crippen LogP contribution in [0.1, 0.15) is 5.56 Å². The van der Waals surface area contributed by atoms with Crippen molar-refractivity contribution in [2.75, 3.05) is 36.4 Å². The summed E-state index contributed by atoms with van der Waals surface area (Å²) in [7, 11) is 0. The second-order valence-electron chi connectivity index (χ2n) is 6.96. The molecule has 2 N–H and O–H groups in total. The second-order valence-corrected chi connectivity index (χ2v) is 6.96. The Morgan fingerprint density at radius 3 is 2.50 bits per heavy atom. The molecular formula is C22H20F3N3O2. The third-order valence-electron chi connectivity index (χ3n) is 4.97. The quantitative estimate of drug-likeness (QED) is 0.640. The van der Waals surface area contributed by atoms with Gasteiger partial charge in [0.05, 0.1) is 16.9 Å². The van der Waals surface area contributed by atoms with Crippen LogP contribution in [-0.4, -0.2) is 32.3 Å². The van der Waals surface area contributed by atoms with Gasteiger partial charge in [0.25, 0.3) is 0 Å². The topological polar surface area (TPSA) is 53.6 Å². The van der Waals surface area contributed by atoms with Crippen LogP contribution in [0.25, 0.3) is 10.8 Å². The fraction of sp³-hybridized carbons (Fsp3) is 0.227. The lowest BCUT2D eigenvalue weighted by molar-refractivity contribution is -0.137. The van der Waals surface area contributed by atoms with Gasteiger partial charge in [0.1, 0.15) is 5.75 Å². The van der Waals surface area contributed by atoms with Crippen LogP contribution >= 0.6 is 0 Å². The van der Waals surface area contributed by atoms with Crippen LogP contribution in [0, 0.1) is 0 Å². The molecule has 0 aliphatic carbocycles. The third-order valence-corrected chi connectivity index (χ3v) is 4.97. The van der Waals surface area contributed by atoms with Gasteiger partial charge in [-0.05, 0) is 29.7 Å². The minimum Gasteiger partial charge on any atom is -0.409 e. The number of nitrogens with zero attached hydrogens (tertiary/aromatic N) is 1. The molecule has 1 aliphatic rings. The molecule has 0 saturated carbocycles. The predicted octanol–water partition coefficient (Wildman–Crippen LogP) is 4.88.